The molecule has 0 aromatic carbocycles. The van der Waals surface area contributed by atoms with E-state index < -0.39 is 0 Å². The van der Waals surface area contributed by atoms with E-state index in [1.807, 2.05) is 18.2 Å². The summed E-state index contributed by atoms with van der Waals surface area (Å²) < 4.78 is 11.3. The maximum absolute atomic E-state index is 5.96. The highest BCUT2D eigenvalue weighted by atomic mass is 127. The fraction of sp³-hybridized carbons (Fsp3) is 0.500. The Morgan fingerprint density at radius 3 is 2.92 bits per heavy atom. The number of nitrogens with two attached hydrogens (primary N) is 1. The largest absolute Gasteiger partial charge is 0.370 e. The third kappa shape index (κ3) is 4.66. The Labute approximate surface area is 162 Å². The molecular formula is C16H21IN6O2. The van der Waals surface area contributed by atoms with Crippen molar-refractivity contribution in [3.8, 4) is 0 Å². The SMILES string of the molecule is I.NC(=NC[C@H]1CC[C@@H](c2nc(C3CC3)no2)O1)Nc1ccccn1. The molecule has 2 atom stereocenters. The van der Waals surface area contributed by atoms with E-state index in [9.17, 15) is 0 Å². The number of hydrogen-bond acceptors (Lipinski definition) is 6. The van der Waals surface area contributed by atoms with Gasteiger partial charge in [-0.05, 0) is 37.8 Å². The Morgan fingerprint density at radius 1 is 1.28 bits per heavy atom. The number of anilines is 1. The van der Waals surface area contributed by atoms with Crippen LogP contribution in [0, 0.1) is 0 Å². The van der Waals surface area contributed by atoms with Crippen LogP contribution in [-0.2, 0) is 4.74 Å². The maximum Gasteiger partial charge on any atom is 0.255 e. The van der Waals surface area contributed by atoms with E-state index in [1.54, 1.807) is 6.20 Å². The molecule has 0 amide bonds. The minimum atomic E-state index is -0.129. The van der Waals surface area contributed by atoms with Gasteiger partial charge >= 0.3 is 0 Å². The second kappa shape index (κ2) is 8.09. The standard InChI is InChI=1S/C16H20N6O2.HI/c17-16(20-13-3-1-2-8-18-13)19-9-11-6-7-12(23-11)15-21-14(22-24-15)10-4-5-10;/h1-3,8,10-12H,4-7,9H2,(H3,17,18,19,20);1H/t11-,12+;/m1./s1. The van der Waals surface area contributed by atoms with Gasteiger partial charge in [-0.1, -0.05) is 11.2 Å². The topological polar surface area (TPSA) is 111 Å². The minimum absolute atomic E-state index is 0. The number of rotatable bonds is 5. The summed E-state index contributed by atoms with van der Waals surface area (Å²) in [5.74, 6) is 2.89. The molecule has 1 saturated heterocycles. The number of nitrogens with one attached hydrogen (secondary N) is 1. The first-order valence-corrected chi connectivity index (χ1v) is 8.25. The summed E-state index contributed by atoms with van der Waals surface area (Å²) in [5, 5.41) is 6.99. The van der Waals surface area contributed by atoms with Gasteiger partial charge in [-0.3, -0.25) is 4.99 Å². The predicted octanol–water partition coefficient (Wildman–Crippen LogP) is 2.61. The van der Waals surface area contributed by atoms with E-state index in [2.05, 4.69) is 25.4 Å². The second-order valence-electron chi connectivity index (χ2n) is 6.16. The number of guanidine groups is 1. The molecule has 1 aliphatic carbocycles. The van der Waals surface area contributed by atoms with E-state index >= 15 is 0 Å². The molecule has 4 rings (SSSR count). The number of pyridine rings is 1. The van der Waals surface area contributed by atoms with Crippen molar-refractivity contribution in [2.45, 2.75) is 43.8 Å². The highest BCUT2D eigenvalue weighted by Crippen LogP contribution is 2.39. The van der Waals surface area contributed by atoms with Gasteiger partial charge in [0, 0.05) is 12.1 Å². The Kier molecular flexibility index (Phi) is 5.84. The number of ether oxygens (including phenoxy) is 1. The Bertz CT molecular complexity index is 718. The zero-order chi connectivity index (χ0) is 16.4. The average molecular weight is 456 g/mol. The fourth-order valence-corrected chi connectivity index (χ4v) is 2.71. The first-order valence-electron chi connectivity index (χ1n) is 8.25. The molecule has 3 N–H and O–H groups in total. The quantitative estimate of drug-likeness (QED) is 0.404. The molecule has 0 spiro atoms. The lowest BCUT2D eigenvalue weighted by molar-refractivity contribution is 0.0309. The molecule has 2 aliphatic rings. The van der Waals surface area contributed by atoms with Crippen molar-refractivity contribution in [2.24, 2.45) is 10.7 Å². The van der Waals surface area contributed by atoms with E-state index in [-0.39, 0.29) is 36.2 Å². The lowest BCUT2D eigenvalue weighted by Crippen LogP contribution is -2.25. The van der Waals surface area contributed by atoms with Gasteiger partial charge in [0.1, 0.15) is 11.9 Å². The van der Waals surface area contributed by atoms with Crippen molar-refractivity contribution >= 4 is 35.8 Å². The van der Waals surface area contributed by atoms with Gasteiger partial charge in [-0.2, -0.15) is 4.98 Å². The molecule has 2 fully saturated rings. The van der Waals surface area contributed by atoms with Crippen LogP contribution in [0.5, 0.6) is 0 Å². The molecule has 0 bridgehead atoms. The summed E-state index contributed by atoms with van der Waals surface area (Å²) in [6.07, 6.45) is 5.65. The second-order valence-corrected chi connectivity index (χ2v) is 6.16. The Morgan fingerprint density at radius 2 is 2.16 bits per heavy atom. The van der Waals surface area contributed by atoms with Gasteiger partial charge in [0.05, 0.1) is 12.6 Å². The lowest BCUT2D eigenvalue weighted by atomic mass is 10.2. The number of hydrogen-bond donors (Lipinski definition) is 2. The first kappa shape index (κ1) is 18.1. The third-order valence-electron chi connectivity index (χ3n) is 4.17. The molecule has 134 valence electrons. The monoisotopic (exact) mass is 456 g/mol. The van der Waals surface area contributed by atoms with Crippen LogP contribution in [0.2, 0.25) is 0 Å². The van der Waals surface area contributed by atoms with Crippen molar-refractivity contribution in [1.29, 1.82) is 0 Å². The van der Waals surface area contributed by atoms with Crippen LogP contribution in [0.3, 0.4) is 0 Å². The van der Waals surface area contributed by atoms with E-state index in [0.29, 0.717) is 30.1 Å². The highest BCUT2D eigenvalue weighted by Gasteiger charge is 2.34. The van der Waals surface area contributed by atoms with Gasteiger partial charge in [-0.15, -0.1) is 24.0 Å². The summed E-state index contributed by atoms with van der Waals surface area (Å²) >= 11 is 0. The highest BCUT2D eigenvalue weighted by molar-refractivity contribution is 14.0. The molecular weight excluding hydrogens is 435 g/mol. The summed E-state index contributed by atoms with van der Waals surface area (Å²) in [4.78, 5) is 12.9. The Hall–Kier alpha value is -1.75. The van der Waals surface area contributed by atoms with Crippen LogP contribution in [-0.4, -0.2) is 33.7 Å². The number of aromatic nitrogens is 3. The van der Waals surface area contributed by atoms with Crippen LogP contribution in [0.25, 0.3) is 0 Å². The van der Waals surface area contributed by atoms with Crippen molar-refractivity contribution in [2.75, 3.05) is 11.9 Å². The zero-order valence-electron chi connectivity index (χ0n) is 13.7. The van der Waals surface area contributed by atoms with E-state index in [1.165, 1.54) is 0 Å². The Balaban J connectivity index is 0.00000182. The molecule has 9 heteroatoms. The fourth-order valence-electron chi connectivity index (χ4n) is 2.71. The van der Waals surface area contributed by atoms with E-state index in [0.717, 1.165) is 31.5 Å². The molecule has 2 aromatic rings. The predicted molar refractivity (Wildman–Crippen MR) is 103 cm³/mol. The van der Waals surface area contributed by atoms with Crippen LogP contribution < -0.4 is 11.1 Å². The number of aliphatic imine (C=N–C) groups is 1. The number of halogens is 1. The van der Waals surface area contributed by atoms with Gasteiger partial charge in [0.25, 0.3) is 5.89 Å². The third-order valence-corrected chi connectivity index (χ3v) is 4.17. The molecule has 8 nitrogen and oxygen atoms in total. The van der Waals surface area contributed by atoms with Crippen molar-refractivity contribution < 1.29 is 9.26 Å². The molecule has 1 saturated carbocycles. The van der Waals surface area contributed by atoms with Crippen LogP contribution >= 0.6 is 24.0 Å². The van der Waals surface area contributed by atoms with Crippen LogP contribution in [0.1, 0.15) is 49.4 Å². The molecule has 2 aromatic heterocycles. The van der Waals surface area contributed by atoms with Crippen molar-refractivity contribution in [3.63, 3.8) is 0 Å². The summed E-state index contributed by atoms with van der Waals surface area (Å²) in [6.45, 7) is 0.492. The minimum Gasteiger partial charge on any atom is -0.370 e. The van der Waals surface area contributed by atoms with Crippen molar-refractivity contribution in [1.82, 2.24) is 15.1 Å². The van der Waals surface area contributed by atoms with Gasteiger partial charge in [-0.25, -0.2) is 4.98 Å². The van der Waals surface area contributed by atoms with Crippen LogP contribution in [0.15, 0.2) is 33.9 Å². The maximum atomic E-state index is 5.96. The molecule has 1 aliphatic heterocycles. The normalized spacial score (nSPS) is 23.3. The number of nitrogens with zero attached hydrogens (tertiary/aromatic N) is 4. The summed E-state index contributed by atoms with van der Waals surface area (Å²) in [7, 11) is 0. The zero-order valence-corrected chi connectivity index (χ0v) is 16.0. The molecule has 25 heavy (non-hydrogen) atoms. The van der Waals surface area contributed by atoms with Gasteiger partial charge in [0.2, 0.25) is 0 Å². The average Bonchev–Trinajstić information content (AvgIpc) is 3.14. The summed E-state index contributed by atoms with van der Waals surface area (Å²) in [5.41, 5.74) is 5.88. The van der Waals surface area contributed by atoms with E-state index in [4.69, 9.17) is 15.0 Å². The van der Waals surface area contributed by atoms with Gasteiger partial charge < -0.3 is 20.3 Å². The molecule has 3 heterocycles. The van der Waals surface area contributed by atoms with Gasteiger partial charge in [0.15, 0.2) is 11.8 Å². The van der Waals surface area contributed by atoms with Crippen molar-refractivity contribution in [3.05, 3.63) is 36.1 Å². The molecule has 0 radical (unpaired) electrons. The summed E-state index contributed by atoms with van der Waals surface area (Å²) in [6, 6.07) is 5.56. The van der Waals surface area contributed by atoms with Crippen LogP contribution in [0.4, 0.5) is 5.82 Å². The first-order chi connectivity index (χ1) is 11.8. The molecule has 0 unspecified atom stereocenters. The smallest absolute Gasteiger partial charge is 0.255 e. The lowest BCUT2D eigenvalue weighted by Gasteiger charge is -2.09.